The summed E-state index contributed by atoms with van der Waals surface area (Å²) in [6.07, 6.45) is 4.34. The highest BCUT2D eigenvalue weighted by atomic mass is 127. The number of likely N-dealkylation sites (tertiary alicyclic amines) is 1. The molecule has 3 aromatic rings. The van der Waals surface area contributed by atoms with Crippen molar-refractivity contribution in [2.24, 2.45) is 4.99 Å². The minimum atomic E-state index is 0. The lowest BCUT2D eigenvalue weighted by Crippen LogP contribution is -2.42. The van der Waals surface area contributed by atoms with Crippen LogP contribution in [0.1, 0.15) is 30.0 Å². The Hall–Kier alpha value is -2.39. The van der Waals surface area contributed by atoms with Crippen LogP contribution in [-0.4, -0.2) is 49.6 Å². The maximum Gasteiger partial charge on any atom is 0.191 e. The molecule has 0 radical (unpaired) electrons. The number of aromatic nitrogens is 1. The summed E-state index contributed by atoms with van der Waals surface area (Å²) in [5, 5.41) is 8.14. The molecule has 4 rings (SSSR count). The van der Waals surface area contributed by atoms with Gasteiger partial charge in [0.15, 0.2) is 5.96 Å². The van der Waals surface area contributed by atoms with Crippen molar-refractivity contribution in [1.29, 1.82) is 0 Å². The second-order valence-electron chi connectivity index (χ2n) is 7.83. The molecule has 1 saturated heterocycles. The fourth-order valence-electron chi connectivity index (χ4n) is 4.26. The van der Waals surface area contributed by atoms with Gasteiger partial charge < -0.3 is 15.4 Å². The highest BCUT2D eigenvalue weighted by molar-refractivity contribution is 14.0. The van der Waals surface area contributed by atoms with Crippen LogP contribution in [0.25, 0.3) is 10.9 Å². The summed E-state index contributed by atoms with van der Waals surface area (Å²) in [5.74, 6) is 1.69. The van der Waals surface area contributed by atoms with E-state index in [-0.39, 0.29) is 30.0 Å². The van der Waals surface area contributed by atoms with Crippen LogP contribution in [0, 0.1) is 0 Å². The molecular formula is C25H32IN5O. The Morgan fingerprint density at radius 3 is 2.66 bits per heavy atom. The largest absolute Gasteiger partial charge is 0.497 e. The monoisotopic (exact) mass is 545 g/mol. The minimum absolute atomic E-state index is 0. The number of aliphatic imine (C=N–C) groups is 1. The highest BCUT2D eigenvalue weighted by Crippen LogP contribution is 2.27. The summed E-state index contributed by atoms with van der Waals surface area (Å²) in [7, 11) is 3.53. The first-order valence-electron chi connectivity index (χ1n) is 10.9. The number of rotatable bonds is 7. The van der Waals surface area contributed by atoms with E-state index in [1.54, 1.807) is 7.11 Å². The van der Waals surface area contributed by atoms with Crippen LogP contribution in [0.4, 0.5) is 0 Å². The number of para-hydroxylation sites is 1. The van der Waals surface area contributed by atoms with E-state index in [2.05, 4.69) is 68.0 Å². The van der Waals surface area contributed by atoms with Gasteiger partial charge in [0, 0.05) is 31.7 Å². The molecule has 1 unspecified atom stereocenters. The van der Waals surface area contributed by atoms with Gasteiger partial charge in [-0.15, -0.1) is 24.0 Å². The van der Waals surface area contributed by atoms with Gasteiger partial charge in [0.1, 0.15) is 5.75 Å². The average molecular weight is 545 g/mol. The Morgan fingerprint density at radius 1 is 1.09 bits per heavy atom. The zero-order chi connectivity index (χ0) is 21.5. The van der Waals surface area contributed by atoms with Crippen LogP contribution in [-0.2, 0) is 6.54 Å². The van der Waals surface area contributed by atoms with Gasteiger partial charge in [0.05, 0.1) is 18.7 Å². The third-order valence-electron chi connectivity index (χ3n) is 5.91. The molecular weight excluding hydrogens is 513 g/mol. The lowest BCUT2D eigenvalue weighted by molar-refractivity contribution is 0.245. The standard InChI is InChI=1S/C25H31N5O.HI/c1-26-25(28-17-21-10-5-8-19-11-7-13-27-24(19)21)29-18-23(30-14-3-4-15-30)20-9-6-12-22(16-20)31-2;/h5-13,16,23H,3-4,14-15,17-18H2,1-2H3,(H2,26,28,29);1H. The van der Waals surface area contributed by atoms with Gasteiger partial charge in [-0.1, -0.05) is 36.4 Å². The molecule has 2 heterocycles. The quantitative estimate of drug-likeness (QED) is 0.263. The molecule has 1 aromatic heterocycles. The Balaban J connectivity index is 0.00000289. The molecule has 0 spiro atoms. The summed E-state index contributed by atoms with van der Waals surface area (Å²) < 4.78 is 5.46. The predicted octanol–water partition coefficient (Wildman–Crippen LogP) is 4.36. The maximum atomic E-state index is 5.46. The van der Waals surface area contributed by atoms with Crippen molar-refractivity contribution in [3.63, 3.8) is 0 Å². The first-order valence-corrected chi connectivity index (χ1v) is 10.9. The van der Waals surface area contributed by atoms with Crippen molar-refractivity contribution in [1.82, 2.24) is 20.5 Å². The Bertz CT molecular complexity index is 1030. The maximum absolute atomic E-state index is 5.46. The third kappa shape index (κ3) is 5.89. The Morgan fingerprint density at radius 2 is 1.88 bits per heavy atom. The van der Waals surface area contributed by atoms with Crippen LogP contribution >= 0.6 is 24.0 Å². The molecule has 32 heavy (non-hydrogen) atoms. The van der Waals surface area contributed by atoms with Gasteiger partial charge in [0.2, 0.25) is 0 Å². The zero-order valence-corrected chi connectivity index (χ0v) is 21.1. The lowest BCUT2D eigenvalue weighted by atomic mass is 10.1. The van der Waals surface area contributed by atoms with Gasteiger partial charge in [-0.05, 0) is 55.3 Å². The van der Waals surface area contributed by atoms with Gasteiger partial charge >= 0.3 is 0 Å². The smallest absolute Gasteiger partial charge is 0.191 e. The van der Waals surface area contributed by atoms with Crippen molar-refractivity contribution in [3.8, 4) is 5.75 Å². The first kappa shape index (κ1) is 24.3. The molecule has 1 aliphatic heterocycles. The van der Waals surface area contributed by atoms with Crippen LogP contribution in [0.3, 0.4) is 0 Å². The highest BCUT2D eigenvalue weighted by Gasteiger charge is 2.24. The molecule has 0 amide bonds. The van der Waals surface area contributed by atoms with Crippen LogP contribution < -0.4 is 15.4 Å². The van der Waals surface area contributed by atoms with Crippen LogP contribution in [0.15, 0.2) is 65.8 Å². The van der Waals surface area contributed by atoms with E-state index < -0.39 is 0 Å². The number of ether oxygens (including phenoxy) is 1. The number of nitrogens with zero attached hydrogens (tertiary/aromatic N) is 3. The number of pyridine rings is 1. The van der Waals surface area contributed by atoms with E-state index in [0.717, 1.165) is 47.8 Å². The molecule has 6 nitrogen and oxygen atoms in total. The second kappa shape index (κ2) is 12.0. The summed E-state index contributed by atoms with van der Waals surface area (Å²) in [6, 6.07) is 19.0. The Kier molecular flexibility index (Phi) is 9.11. The van der Waals surface area contributed by atoms with Gasteiger partial charge in [-0.25, -0.2) is 0 Å². The van der Waals surface area contributed by atoms with Gasteiger partial charge in [-0.2, -0.15) is 0 Å². The lowest BCUT2D eigenvalue weighted by Gasteiger charge is -2.29. The topological polar surface area (TPSA) is 61.8 Å². The van der Waals surface area contributed by atoms with Gasteiger partial charge in [-0.3, -0.25) is 14.9 Å². The van der Waals surface area contributed by atoms with E-state index in [9.17, 15) is 0 Å². The fourth-order valence-corrected chi connectivity index (χ4v) is 4.26. The molecule has 0 aliphatic carbocycles. The number of methoxy groups -OCH3 is 1. The molecule has 170 valence electrons. The number of benzene rings is 2. The molecule has 2 aromatic carbocycles. The SMILES string of the molecule is CN=C(NCc1cccc2cccnc12)NCC(c1cccc(OC)c1)N1CCCC1.I. The Labute approximate surface area is 207 Å². The van der Waals surface area contributed by atoms with E-state index in [4.69, 9.17) is 4.74 Å². The number of nitrogens with one attached hydrogen (secondary N) is 2. The van der Waals surface area contributed by atoms with Crippen molar-refractivity contribution < 1.29 is 4.74 Å². The average Bonchev–Trinajstić information content (AvgIpc) is 3.36. The fraction of sp³-hybridized carbons (Fsp3) is 0.360. The van der Waals surface area contributed by atoms with Crippen LogP contribution in [0.2, 0.25) is 0 Å². The van der Waals surface area contributed by atoms with E-state index in [1.165, 1.54) is 18.4 Å². The normalized spacial score (nSPS) is 15.2. The number of hydrogen-bond acceptors (Lipinski definition) is 4. The molecule has 0 saturated carbocycles. The molecule has 1 atom stereocenters. The van der Waals surface area contributed by atoms with Gasteiger partial charge in [0.25, 0.3) is 0 Å². The minimum Gasteiger partial charge on any atom is -0.497 e. The zero-order valence-electron chi connectivity index (χ0n) is 18.8. The second-order valence-corrected chi connectivity index (χ2v) is 7.83. The van der Waals surface area contributed by atoms with Crippen molar-refractivity contribution in [2.75, 3.05) is 33.8 Å². The molecule has 7 heteroatoms. The number of fused-ring (bicyclic) bond motifs is 1. The van der Waals surface area contributed by atoms with Crippen molar-refractivity contribution in [2.45, 2.75) is 25.4 Å². The predicted molar refractivity (Wildman–Crippen MR) is 142 cm³/mol. The summed E-state index contributed by atoms with van der Waals surface area (Å²) in [5.41, 5.74) is 3.45. The third-order valence-corrected chi connectivity index (χ3v) is 5.91. The molecule has 1 fully saturated rings. The van der Waals surface area contributed by atoms with E-state index >= 15 is 0 Å². The summed E-state index contributed by atoms with van der Waals surface area (Å²) >= 11 is 0. The van der Waals surface area contributed by atoms with Crippen molar-refractivity contribution >= 4 is 40.8 Å². The van der Waals surface area contributed by atoms with E-state index in [1.807, 2.05) is 25.4 Å². The summed E-state index contributed by atoms with van der Waals surface area (Å²) in [6.45, 7) is 3.69. The van der Waals surface area contributed by atoms with Crippen molar-refractivity contribution in [3.05, 3.63) is 71.9 Å². The summed E-state index contributed by atoms with van der Waals surface area (Å²) in [4.78, 5) is 11.5. The molecule has 2 N–H and O–H groups in total. The van der Waals surface area contributed by atoms with E-state index in [0.29, 0.717) is 6.54 Å². The first-order chi connectivity index (χ1) is 15.3. The molecule has 0 bridgehead atoms. The number of guanidine groups is 1. The van der Waals surface area contributed by atoms with Crippen LogP contribution in [0.5, 0.6) is 5.75 Å². The number of hydrogen-bond donors (Lipinski definition) is 2. The molecule has 1 aliphatic rings. The number of halogens is 1.